The summed E-state index contributed by atoms with van der Waals surface area (Å²) in [6.45, 7) is 7.69. The van der Waals surface area contributed by atoms with Crippen molar-refractivity contribution in [3.63, 3.8) is 0 Å². The van der Waals surface area contributed by atoms with Crippen molar-refractivity contribution in [2.24, 2.45) is 5.41 Å². The zero-order valence-corrected chi connectivity index (χ0v) is 28.8. The molecule has 0 heterocycles. The van der Waals surface area contributed by atoms with Crippen LogP contribution in [0, 0.1) is 5.41 Å². The molecular formula is C27H48Na2O7S. The second kappa shape index (κ2) is 23.3. The van der Waals surface area contributed by atoms with E-state index in [9.17, 15) is 32.8 Å². The van der Waals surface area contributed by atoms with Gasteiger partial charge in [0.15, 0.2) is 4.75 Å². The Morgan fingerprint density at radius 2 is 1.03 bits per heavy atom. The van der Waals surface area contributed by atoms with Gasteiger partial charge in [-0.05, 0) is 19.3 Å². The van der Waals surface area contributed by atoms with Gasteiger partial charge < -0.3 is 19.8 Å². The Morgan fingerprint density at radius 1 is 0.703 bits per heavy atom. The molecule has 0 aromatic rings. The monoisotopic (exact) mass is 562 g/mol. The number of carbonyl (C=O) groups excluding carboxylic acids is 2. The van der Waals surface area contributed by atoms with Crippen LogP contribution < -0.4 is 69.3 Å². The Morgan fingerprint density at radius 3 is 1.27 bits per heavy atom. The maximum atomic E-state index is 12.6. The molecule has 10 heteroatoms. The molecule has 37 heavy (non-hydrogen) atoms. The van der Waals surface area contributed by atoms with Crippen LogP contribution in [-0.4, -0.2) is 29.7 Å². The van der Waals surface area contributed by atoms with Gasteiger partial charge in [-0.3, -0.25) is 4.55 Å². The molecule has 0 amide bonds. The van der Waals surface area contributed by atoms with Crippen LogP contribution in [0.15, 0.2) is 12.7 Å². The van der Waals surface area contributed by atoms with Gasteiger partial charge >= 0.3 is 59.1 Å². The Hall–Kier alpha value is 0.590. The van der Waals surface area contributed by atoms with Crippen LogP contribution in [0.25, 0.3) is 0 Å². The van der Waals surface area contributed by atoms with Gasteiger partial charge in [-0.25, -0.2) is 0 Å². The molecule has 0 aliphatic heterocycles. The first-order valence-electron chi connectivity index (χ1n) is 13.6. The van der Waals surface area contributed by atoms with Crippen LogP contribution in [0.3, 0.4) is 0 Å². The zero-order valence-electron chi connectivity index (χ0n) is 24.0. The van der Waals surface area contributed by atoms with E-state index in [1.807, 2.05) is 0 Å². The molecule has 0 rings (SSSR count). The largest absolute Gasteiger partial charge is 1.00 e. The number of hydrogen-bond donors (Lipinski definition) is 1. The molecule has 1 N–H and O–H groups in total. The van der Waals surface area contributed by atoms with E-state index in [0.717, 1.165) is 83.1 Å². The quantitative estimate of drug-likeness (QED) is 0.0672. The molecule has 0 spiro atoms. The van der Waals surface area contributed by atoms with Crippen molar-refractivity contribution in [1.82, 2.24) is 0 Å². The summed E-state index contributed by atoms with van der Waals surface area (Å²) in [4.78, 5) is 24.8. The predicted octanol–water partition coefficient (Wildman–Crippen LogP) is -1.26. The Bertz CT molecular complexity index is 708. The first-order chi connectivity index (χ1) is 16.6. The van der Waals surface area contributed by atoms with Gasteiger partial charge in [-0.2, -0.15) is 8.42 Å². The van der Waals surface area contributed by atoms with Gasteiger partial charge in [0, 0.05) is 11.4 Å². The predicted molar refractivity (Wildman–Crippen MR) is 136 cm³/mol. The minimum atomic E-state index is -5.36. The molecular weight excluding hydrogens is 514 g/mol. The summed E-state index contributed by atoms with van der Waals surface area (Å²) < 4.78 is 32.0. The van der Waals surface area contributed by atoms with Crippen molar-refractivity contribution < 1.29 is 91.9 Å². The third-order valence-corrected chi connectivity index (χ3v) is 8.88. The fourth-order valence-corrected chi connectivity index (χ4v) is 6.47. The van der Waals surface area contributed by atoms with E-state index in [1.165, 1.54) is 0 Å². The maximum Gasteiger partial charge on any atom is 1.00 e. The summed E-state index contributed by atoms with van der Waals surface area (Å²) in [5, 5.41) is 24.8. The SMILES string of the molecule is C=CCC(C(=O)[O-])(C(CCCCCCCCCC)(CCCCCCCCCC)C(=O)[O-])S(=O)(=O)O.[Na+].[Na+]. The second-order valence-electron chi connectivity index (χ2n) is 9.90. The summed E-state index contributed by atoms with van der Waals surface area (Å²) in [6.07, 6.45) is 14.4. The minimum absolute atomic E-state index is 0. The normalized spacial score (nSPS) is 13.2. The average molecular weight is 563 g/mol. The van der Waals surface area contributed by atoms with Gasteiger partial charge in [-0.15, -0.1) is 6.58 Å². The topological polar surface area (TPSA) is 135 Å². The number of rotatable bonds is 24. The summed E-state index contributed by atoms with van der Waals surface area (Å²) >= 11 is 0. The van der Waals surface area contributed by atoms with Crippen LogP contribution in [0.5, 0.6) is 0 Å². The van der Waals surface area contributed by atoms with E-state index in [-0.39, 0.29) is 72.0 Å². The molecule has 206 valence electrons. The van der Waals surface area contributed by atoms with Crippen LogP contribution >= 0.6 is 0 Å². The van der Waals surface area contributed by atoms with Crippen molar-refractivity contribution >= 4 is 22.1 Å². The number of hydrogen-bond acceptors (Lipinski definition) is 6. The summed E-state index contributed by atoms with van der Waals surface area (Å²) in [5.74, 6) is -3.89. The molecule has 7 nitrogen and oxygen atoms in total. The van der Waals surface area contributed by atoms with E-state index in [2.05, 4.69) is 20.4 Å². The number of carboxylic acid groups (broad SMARTS) is 2. The zero-order chi connectivity index (χ0) is 26.8. The first kappa shape index (κ1) is 42.1. The van der Waals surface area contributed by atoms with Crippen LogP contribution in [0.1, 0.15) is 136 Å². The maximum absolute atomic E-state index is 12.6. The first-order valence-corrected chi connectivity index (χ1v) is 15.0. The molecule has 0 fully saturated rings. The van der Waals surface area contributed by atoms with Crippen molar-refractivity contribution in [3.8, 4) is 0 Å². The number of carbonyl (C=O) groups is 2. The van der Waals surface area contributed by atoms with Gasteiger partial charge in [0.05, 0.1) is 5.97 Å². The summed E-state index contributed by atoms with van der Waals surface area (Å²) in [5.41, 5.74) is -2.31. The van der Waals surface area contributed by atoms with E-state index in [0.29, 0.717) is 25.7 Å². The molecule has 1 unspecified atom stereocenters. The number of carboxylic acids is 2. The van der Waals surface area contributed by atoms with Crippen LogP contribution in [0.4, 0.5) is 0 Å². The van der Waals surface area contributed by atoms with E-state index < -0.39 is 38.6 Å². The minimum Gasteiger partial charge on any atom is -0.549 e. The smallest absolute Gasteiger partial charge is 0.549 e. The standard InChI is InChI=1S/C27H50O7S.2Na/c1-4-7-9-11-13-15-17-19-22-26(24(28)29,23-20-18-16-14-12-10-8-5-2)27(21-6-3,25(30)31)35(32,33)34;;/h6H,3-5,7-23H2,1-2H3,(H,28,29)(H,30,31)(H,32,33,34);;/q;2*+1/p-2. The van der Waals surface area contributed by atoms with E-state index in [4.69, 9.17) is 0 Å². The molecule has 0 aliphatic rings. The number of unbranched alkanes of at least 4 members (excludes halogenated alkanes) is 14. The molecule has 0 radical (unpaired) electrons. The number of aliphatic carboxylic acids is 2. The molecule has 0 aromatic heterocycles. The fraction of sp³-hybridized carbons (Fsp3) is 0.852. The second-order valence-corrected chi connectivity index (χ2v) is 11.5. The molecule has 0 saturated carbocycles. The Balaban J connectivity index is -0.00000578. The van der Waals surface area contributed by atoms with Crippen molar-refractivity contribution in [2.75, 3.05) is 0 Å². The Labute approximate surface area is 270 Å². The third kappa shape index (κ3) is 13.7. The van der Waals surface area contributed by atoms with E-state index >= 15 is 0 Å². The van der Waals surface area contributed by atoms with Gasteiger partial charge in [0.25, 0.3) is 10.1 Å². The summed E-state index contributed by atoms with van der Waals surface area (Å²) in [7, 11) is -5.36. The van der Waals surface area contributed by atoms with E-state index in [1.54, 1.807) is 0 Å². The fourth-order valence-electron chi connectivity index (χ4n) is 5.15. The molecule has 0 bridgehead atoms. The Kier molecular flexibility index (Phi) is 26.5. The molecule has 0 aromatic carbocycles. The third-order valence-electron chi connectivity index (χ3n) is 7.28. The van der Waals surface area contributed by atoms with Crippen molar-refractivity contribution in [1.29, 1.82) is 0 Å². The average Bonchev–Trinajstić information content (AvgIpc) is 2.78. The molecule has 0 saturated heterocycles. The van der Waals surface area contributed by atoms with Crippen molar-refractivity contribution in [2.45, 2.75) is 141 Å². The van der Waals surface area contributed by atoms with Crippen LogP contribution in [-0.2, 0) is 19.7 Å². The van der Waals surface area contributed by atoms with Crippen molar-refractivity contribution in [3.05, 3.63) is 12.7 Å². The molecule has 0 aliphatic carbocycles. The van der Waals surface area contributed by atoms with Gasteiger partial charge in [0.1, 0.15) is 0 Å². The van der Waals surface area contributed by atoms with Gasteiger partial charge in [0.2, 0.25) is 0 Å². The number of allylic oxidation sites excluding steroid dienone is 1. The van der Waals surface area contributed by atoms with Crippen LogP contribution in [0.2, 0.25) is 0 Å². The summed E-state index contributed by atoms with van der Waals surface area (Å²) in [6, 6.07) is 0. The van der Waals surface area contributed by atoms with Gasteiger partial charge in [-0.1, -0.05) is 123 Å². The molecule has 1 atom stereocenters.